The number of ketones is 1. The molecule has 2 atom stereocenters. The van der Waals surface area contributed by atoms with E-state index >= 15 is 0 Å². The van der Waals surface area contributed by atoms with Crippen molar-refractivity contribution in [2.45, 2.75) is 51.0 Å². The fraction of sp³-hybridized carbons (Fsp3) is 0.450. The summed E-state index contributed by atoms with van der Waals surface area (Å²) < 4.78 is 5.09. The number of ether oxygens (including phenoxy) is 1. The lowest BCUT2D eigenvalue weighted by molar-refractivity contribution is -0.143. The number of Topliss-reactive ketones (excluding diaryl/α,β-unsaturated/α-hetero) is 1. The molecule has 0 fully saturated rings. The predicted molar refractivity (Wildman–Crippen MR) is 118 cm³/mol. The van der Waals surface area contributed by atoms with Crippen LogP contribution in [0.15, 0.2) is 30.5 Å². The van der Waals surface area contributed by atoms with Crippen LogP contribution in [0.3, 0.4) is 0 Å². The summed E-state index contributed by atoms with van der Waals surface area (Å²) >= 11 is 7.38. The van der Waals surface area contributed by atoms with Crippen LogP contribution in [-0.2, 0) is 14.3 Å². The van der Waals surface area contributed by atoms with E-state index in [1.165, 1.54) is 11.3 Å². The Balaban J connectivity index is 2.29. The molecule has 0 spiro atoms. The third-order valence-electron chi connectivity index (χ3n) is 4.42. The second-order valence-electron chi connectivity index (χ2n) is 7.84. The van der Waals surface area contributed by atoms with Crippen molar-refractivity contribution in [3.63, 3.8) is 0 Å². The lowest BCUT2D eigenvalue weighted by atomic mass is 9.97. The molecule has 154 valence electrons. The number of nitrogens with zero attached hydrogens (tertiary/aromatic N) is 3. The molecule has 0 saturated heterocycles. The van der Waals surface area contributed by atoms with Crippen molar-refractivity contribution in [2.75, 3.05) is 6.61 Å². The van der Waals surface area contributed by atoms with Gasteiger partial charge in [0.1, 0.15) is 9.98 Å². The summed E-state index contributed by atoms with van der Waals surface area (Å²) in [7, 11) is -2.03. The average molecular weight is 451 g/mol. The second kappa shape index (κ2) is 10.1. The Labute approximate surface area is 180 Å². The van der Waals surface area contributed by atoms with Crippen LogP contribution in [0.2, 0.25) is 24.7 Å². The van der Waals surface area contributed by atoms with E-state index in [0.29, 0.717) is 5.02 Å². The zero-order chi connectivity index (χ0) is 21.6. The average Bonchev–Trinajstić information content (AvgIpc) is 3.11. The van der Waals surface area contributed by atoms with Gasteiger partial charge in [-0.15, -0.1) is 11.3 Å². The molecule has 0 amide bonds. The summed E-state index contributed by atoms with van der Waals surface area (Å²) in [5.41, 5.74) is 0.188. The van der Waals surface area contributed by atoms with E-state index in [9.17, 15) is 15.0 Å². The number of halogens is 1. The van der Waals surface area contributed by atoms with Crippen LogP contribution in [0.25, 0.3) is 15.5 Å². The van der Waals surface area contributed by atoms with Gasteiger partial charge in [-0.3, -0.25) is 9.59 Å². The number of diazo groups is 1. The number of rotatable bonds is 9. The molecule has 0 saturated carbocycles. The minimum atomic E-state index is -2.03. The Morgan fingerprint density at radius 2 is 1.90 bits per heavy atom. The summed E-state index contributed by atoms with van der Waals surface area (Å²) in [6.07, 6.45) is 1.87. The van der Waals surface area contributed by atoms with E-state index in [2.05, 4.69) is 9.96 Å². The molecule has 0 N–H and O–H groups in total. The van der Waals surface area contributed by atoms with Gasteiger partial charge in [-0.05, 0) is 19.1 Å². The monoisotopic (exact) mass is 450 g/mol. The first-order valence-corrected chi connectivity index (χ1v) is 14.2. The van der Waals surface area contributed by atoms with Crippen molar-refractivity contribution in [3.8, 4) is 10.6 Å². The zero-order valence-corrected chi connectivity index (χ0v) is 19.6. The first kappa shape index (κ1) is 23.2. The molecule has 2 rings (SSSR count). The topological polar surface area (TPSA) is 84.4 Å². The van der Waals surface area contributed by atoms with Gasteiger partial charge in [-0.25, -0.2) is 4.98 Å². The normalized spacial score (nSPS) is 13.4. The Morgan fingerprint density at radius 1 is 1.24 bits per heavy atom. The van der Waals surface area contributed by atoms with Crippen LogP contribution >= 0.6 is 22.9 Å². The number of hydrogen-bond acceptors (Lipinski definition) is 6. The maximum absolute atomic E-state index is 12.9. The highest BCUT2D eigenvalue weighted by Gasteiger charge is 2.45. The SMILES string of the molecule is CCOC(=O)CC(CC(=O)C([N+]#N)[Si](C)(C)C)c1cnc(-c2ccc(Cl)cc2)s1. The molecule has 6 nitrogen and oxygen atoms in total. The molecular formula is C20H25ClN3O3SSi+. The number of aromatic nitrogens is 1. The molecule has 9 heteroatoms. The Morgan fingerprint density at radius 3 is 2.45 bits per heavy atom. The van der Waals surface area contributed by atoms with Crippen LogP contribution < -0.4 is 0 Å². The third kappa shape index (κ3) is 6.46. The van der Waals surface area contributed by atoms with Gasteiger partial charge in [0.15, 0.2) is 8.07 Å². The summed E-state index contributed by atoms with van der Waals surface area (Å²) in [5, 5.41) is 10.8. The van der Waals surface area contributed by atoms with Crippen molar-refractivity contribution in [1.29, 1.82) is 5.39 Å². The quantitative estimate of drug-likeness (QED) is 0.283. The van der Waals surface area contributed by atoms with Crippen LogP contribution in [0.5, 0.6) is 0 Å². The molecule has 0 aliphatic heterocycles. The summed E-state index contributed by atoms with van der Waals surface area (Å²) in [6.45, 7) is 7.94. The van der Waals surface area contributed by atoms with Crippen LogP contribution in [0.4, 0.5) is 0 Å². The molecule has 2 unspecified atom stereocenters. The highest BCUT2D eigenvalue weighted by molar-refractivity contribution is 7.15. The van der Waals surface area contributed by atoms with Crippen molar-refractivity contribution >= 4 is 42.8 Å². The zero-order valence-electron chi connectivity index (χ0n) is 17.0. The fourth-order valence-electron chi connectivity index (χ4n) is 2.97. The molecule has 0 aliphatic carbocycles. The summed E-state index contributed by atoms with van der Waals surface area (Å²) in [6, 6.07) is 7.34. The minimum Gasteiger partial charge on any atom is -0.466 e. The van der Waals surface area contributed by atoms with Crippen molar-refractivity contribution in [3.05, 3.63) is 45.3 Å². The number of benzene rings is 1. The van der Waals surface area contributed by atoms with Gasteiger partial charge >= 0.3 is 11.6 Å². The van der Waals surface area contributed by atoms with Gasteiger partial charge in [0.05, 0.1) is 13.0 Å². The van der Waals surface area contributed by atoms with Gasteiger partial charge in [0.2, 0.25) is 11.2 Å². The molecule has 0 bridgehead atoms. The lowest BCUT2D eigenvalue weighted by Gasteiger charge is -2.16. The predicted octanol–water partition coefficient (Wildman–Crippen LogP) is 5.56. The van der Waals surface area contributed by atoms with Crippen LogP contribution in [0.1, 0.15) is 30.6 Å². The van der Waals surface area contributed by atoms with Gasteiger partial charge in [-0.2, -0.15) is 0 Å². The number of thiazole rings is 1. The largest absolute Gasteiger partial charge is 0.466 e. The van der Waals surface area contributed by atoms with Crippen molar-refractivity contribution in [1.82, 2.24) is 4.98 Å². The van der Waals surface area contributed by atoms with Crippen LogP contribution in [-0.4, -0.2) is 37.1 Å². The Kier molecular flexibility index (Phi) is 8.08. The fourth-order valence-corrected chi connectivity index (χ4v) is 5.55. The molecule has 29 heavy (non-hydrogen) atoms. The van der Waals surface area contributed by atoms with Gasteiger partial charge in [-0.1, -0.05) is 43.4 Å². The first-order chi connectivity index (χ1) is 13.7. The van der Waals surface area contributed by atoms with Gasteiger partial charge < -0.3 is 4.74 Å². The minimum absolute atomic E-state index is 0.0751. The first-order valence-electron chi connectivity index (χ1n) is 9.40. The molecule has 0 aliphatic rings. The molecule has 1 aromatic heterocycles. The number of hydrogen-bond donors (Lipinski definition) is 0. The van der Waals surface area contributed by atoms with Crippen molar-refractivity contribution in [2.24, 2.45) is 0 Å². The molecular weight excluding hydrogens is 426 g/mol. The van der Waals surface area contributed by atoms with E-state index in [1.54, 1.807) is 25.3 Å². The van der Waals surface area contributed by atoms with Gasteiger partial charge in [0.25, 0.3) is 0 Å². The van der Waals surface area contributed by atoms with E-state index in [-0.39, 0.29) is 37.1 Å². The number of carbonyl (C=O) groups is 2. The van der Waals surface area contributed by atoms with Gasteiger partial charge in [0, 0.05) is 34.0 Å². The number of carbonyl (C=O) groups excluding carboxylic acids is 2. The number of esters is 1. The van der Waals surface area contributed by atoms with E-state index in [4.69, 9.17) is 16.3 Å². The Bertz CT molecular complexity index is 903. The third-order valence-corrected chi connectivity index (χ3v) is 7.96. The van der Waals surface area contributed by atoms with Crippen LogP contribution in [0, 0.1) is 5.39 Å². The highest BCUT2D eigenvalue weighted by Crippen LogP contribution is 2.35. The highest BCUT2D eigenvalue weighted by atomic mass is 35.5. The van der Waals surface area contributed by atoms with E-state index in [1.807, 2.05) is 31.8 Å². The van der Waals surface area contributed by atoms with E-state index in [0.717, 1.165) is 15.4 Å². The maximum atomic E-state index is 12.9. The molecule has 1 aromatic carbocycles. The smallest absolute Gasteiger partial charge is 0.345 e. The lowest BCUT2D eigenvalue weighted by Crippen LogP contribution is -2.42. The summed E-state index contributed by atoms with van der Waals surface area (Å²) in [4.78, 5) is 33.6. The standard InChI is InChI=1S/C20H25ClN3O3SSi/c1-5-27-18(26)11-14(10-16(25)20(24-22)29(2,3)4)17-12-23-19(28-17)13-6-8-15(21)9-7-13/h6-9,12,14,20H,5,10-11H2,1-4H3/q+1. The molecule has 0 radical (unpaired) electrons. The molecule has 2 aromatic rings. The van der Waals surface area contributed by atoms with Crippen molar-refractivity contribution < 1.29 is 14.3 Å². The summed E-state index contributed by atoms with van der Waals surface area (Å²) in [5.74, 6) is -0.902. The Hall–Kier alpha value is -2.08. The second-order valence-corrected chi connectivity index (χ2v) is 14.6. The maximum Gasteiger partial charge on any atom is 0.345 e. The molecule has 1 heterocycles. The van der Waals surface area contributed by atoms with E-state index < -0.39 is 13.7 Å².